The zero-order valence-electron chi connectivity index (χ0n) is 11.8. The Bertz CT molecular complexity index is 713. The Morgan fingerprint density at radius 3 is 2.67 bits per heavy atom. The summed E-state index contributed by atoms with van der Waals surface area (Å²) in [6.07, 6.45) is 0.834. The highest BCUT2D eigenvalue weighted by molar-refractivity contribution is 5.53. The van der Waals surface area contributed by atoms with E-state index < -0.39 is 0 Å². The summed E-state index contributed by atoms with van der Waals surface area (Å²) in [5.74, 6) is 1.22. The third-order valence-corrected chi connectivity index (χ3v) is 3.17. The second-order valence-electron chi connectivity index (χ2n) is 4.65. The standard InChI is InChI=1S/C15H16N6/c1-2-13-8-11(10-16)9-14(17-13)21-19-15(18-20-21)12-6-4-3-5-7-12/h3-9H,2,10,16H2,1H3. The maximum atomic E-state index is 5.72. The van der Waals surface area contributed by atoms with Crippen molar-refractivity contribution in [2.24, 2.45) is 5.73 Å². The van der Waals surface area contributed by atoms with Crippen molar-refractivity contribution < 1.29 is 0 Å². The first kappa shape index (κ1) is 13.4. The van der Waals surface area contributed by atoms with E-state index >= 15 is 0 Å². The predicted molar refractivity (Wildman–Crippen MR) is 79.7 cm³/mol. The van der Waals surface area contributed by atoms with Crippen LogP contribution in [0, 0.1) is 0 Å². The maximum Gasteiger partial charge on any atom is 0.205 e. The molecule has 2 N–H and O–H groups in total. The van der Waals surface area contributed by atoms with Gasteiger partial charge < -0.3 is 5.73 Å². The summed E-state index contributed by atoms with van der Waals surface area (Å²) < 4.78 is 0. The van der Waals surface area contributed by atoms with Crippen LogP contribution in [0.2, 0.25) is 0 Å². The molecular weight excluding hydrogens is 264 g/mol. The van der Waals surface area contributed by atoms with Gasteiger partial charge in [-0.25, -0.2) is 4.98 Å². The number of hydrogen-bond acceptors (Lipinski definition) is 5. The number of nitrogens with two attached hydrogens (primary N) is 1. The Balaban J connectivity index is 2.00. The van der Waals surface area contributed by atoms with Crippen LogP contribution in [0.1, 0.15) is 18.2 Å². The Labute approximate surface area is 122 Å². The second kappa shape index (κ2) is 5.80. The van der Waals surface area contributed by atoms with Crippen molar-refractivity contribution in [2.45, 2.75) is 19.9 Å². The quantitative estimate of drug-likeness (QED) is 0.787. The van der Waals surface area contributed by atoms with E-state index in [0.29, 0.717) is 18.2 Å². The molecule has 0 atom stereocenters. The van der Waals surface area contributed by atoms with Gasteiger partial charge in [-0.05, 0) is 29.3 Å². The molecule has 0 amide bonds. The number of benzene rings is 1. The van der Waals surface area contributed by atoms with E-state index in [1.807, 2.05) is 42.5 Å². The Morgan fingerprint density at radius 1 is 1.14 bits per heavy atom. The molecule has 0 fully saturated rings. The summed E-state index contributed by atoms with van der Waals surface area (Å²) in [5, 5.41) is 12.6. The van der Waals surface area contributed by atoms with Crippen molar-refractivity contribution in [1.82, 2.24) is 25.2 Å². The van der Waals surface area contributed by atoms with Crippen molar-refractivity contribution in [1.29, 1.82) is 0 Å². The first-order chi connectivity index (χ1) is 10.3. The molecule has 0 saturated heterocycles. The first-order valence-corrected chi connectivity index (χ1v) is 6.86. The fraction of sp³-hybridized carbons (Fsp3) is 0.200. The van der Waals surface area contributed by atoms with Crippen LogP contribution in [-0.2, 0) is 13.0 Å². The van der Waals surface area contributed by atoms with Gasteiger partial charge in [-0.15, -0.1) is 15.0 Å². The van der Waals surface area contributed by atoms with Crippen LogP contribution < -0.4 is 5.73 Å². The van der Waals surface area contributed by atoms with Gasteiger partial charge in [0, 0.05) is 17.8 Å². The fourth-order valence-corrected chi connectivity index (χ4v) is 2.05. The molecular formula is C15H16N6. The summed E-state index contributed by atoms with van der Waals surface area (Å²) in [6.45, 7) is 2.51. The van der Waals surface area contributed by atoms with Gasteiger partial charge in [0.2, 0.25) is 5.82 Å². The van der Waals surface area contributed by atoms with E-state index in [9.17, 15) is 0 Å². The molecule has 6 nitrogen and oxygen atoms in total. The van der Waals surface area contributed by atoms with E-state index in [0.717, 1.165) is 23.2 Å². The number of tetrazole rings is 1. The molecule has 3 aromatic rings. The molecule has 0 spiro atoms. The maximum absolute atomic E-state index is 5.72. The molecule has 21 heavy (non-hydrogen) atoms. The van der Waals surface area contributed by atoms with E-state index in [1.165, 1.54) is 4.80 Å². The first-order valence-electron chi connectivity index (χ1n) is 6.86. The normalized spacial score (nSPS) is 10.8. The number of hydrogen-bond donors (Lipinski definition) is 1. The molecule has 1 aromatic carbocycles. The molecule has 106 valence electrons. The van der Waals surface area contributed by atoms with E-state index in [4.69, 9.17) is 5.73 Å². The number of aryl methyl sites for hydroxylation is 1. The minimum atomic E-state index is 0.461. The van der Waals surface area contributed by atoms with Crippen LogP contribution in [-0.4, -0.2) is 25.2 Å². The number of aromatic nitrogens is 5. The molecule has 0 aliphatic rings. The van der Waals surface area contributed by atoms with E-state index in [2.05, 4.69) is 27.3 Å². The Morgan fingerprint density at radius 2 is 1.95 bits per heavy atom. The third-order valence-electron chi connectivity index (χ3n) is 3.17. The van der Waals surface area contributed by atoms with E-state index in [1.54, 1.807) is 0 Å². The molecule has 0 bridgehead atoms. The highest BCUT2D eigenvalue weighted by atomic mass is 15.6. The van der Waals surface area contributed by atoms with Crippen molar-refractivity contribution in [2.75, 3.05) is 0 Å². The third kappa shape index (κ3) is 2.80. The largest absolute Gasteiger partial charge is 0.326 e. The lowest BCUT2D eigenvalue weighted by Gasteiger charge is -2.04. The summed E-state index contributed by atoms with van der Waals surface area (Å²) >= 11 is 0. The number of nitrogens with zero attached hydrogens (tertiary/aromatic N) is 5. The van der Waals surface area contributed by atoms with Gasteiger partial charge in [0.25, 0.3) is 0 Å². The lowest BCUT2D eigenvalue weighted by Crippen LogP contribution is -2.07. The topological polar surface area (TPSA) is 82.5 Å². The monoisotopic (exact) mass is 280 g/mol. The van der Waals surface area contributed by atoms with Crippen LogP contribution in [0.3, 0.4) is 0 Å². The molecule has 2 heterocycles. The summed E-state index contributed by atoms with van der Waals surface area (Å²) in [7, 11) is 0. The van der Waals surface area contributed by atoms with Crippen LogP contribution in [0.25, 0.3) is 17.2 Å². The zero-order valence-corrected chi connectivity index (χ0v) is 11.8. The second-order valence-corrected chi connectivity index (χ2v) is 4.65. The van der Waals surface area contributed by atoms with Gasteiger partial charge in [-0.2, -0.15) is 0 Å². The average Bonchev–Trinajstić information content (AvgIpc) is 3.05. The molecule has 0 unspecified atom stereocenters. The van der Waals surface area contributed by atoms with Crippen LogP contribution in [0.5, 0.6) is 0 Å². The van der Waals surface area contributed by atoms with Gasteiger partial charge in [-0.3, -0.25) is 0 Å². The molecule has 0 aliphatic carbocycles. The lowest BCUT2D eigenvalue weighted by atomic mass is 10.2. The van der Waals surface area contributed by atoms with Gasteiger partial charge in [0.05, 0.1) is 0 Å². The van der Waals surface area contributed by atoms with Gasteiger partial charge in [0.1, 0.15) is 0 Å². The highest BCUT2D eigenvalue weighted by Crippen LogP contribution is 2.14. The number of pyridine rings is 1. The molecule has 0 radical (unpaired) electrons. The van der Waals surface area contributed by atoms with E-state index in [-0.39, 0.29) is 0 Å². The summed E-state index contributed by atoms with van der Waals surface area (Å²) in [6, 6.07) is 13.6. The minimum Gasteiger partial charge on any atom is -0.326 e. The van der Waals surface area contributed by atoms with Crippen molar-refractivity contribution >= 4 is 0 Å². The molecule has 0 aliphatic heterocycles. The van der Waals surface area contributed by atoms with Crippen molar-refractivity contribution in [3.63, 3.8) is 0 Å². The molecule has 0 saturated carbocycles. The molecule has 3 rings (SSSR count). The van der Waals surface area contributed by atoms with Crippen molar-refractivity contribution in [3.8, 4) is 17.2 Å². The summed E-state index contributed by atoms with van der Waals surface area (Å²) in [5.41, 5.74) is 8.62. The van der Waals surface area contributed by atoms with Gasteiger partial charge in [0.15, 0.2) is 5.82 Å². The smallest absolute Gasteiger partial charge is 0.205 e. The lowest BCUT2D eigenvalue weighted by molar-refractivity contribution is 0.694. The Hall–Kier alpha value is -2.60. The number of rotatable bonds is 4. The minimum absolute atomic E-state index is 0.461. The van der Waals surface area contributed by atoms with Crippen LogP contribution >= 0.6 is 0 Å². The fourth-order valence-electron chi connectivity index (χ4n) is 2.05. The SMILES string of the molecule is CCc1cc(CN)cc(-n2nnc(-c3ccccc3)n2)n1. The highest BCUT2D eigenvalue weighted by Gasteiger charge is 2.09. The summed E-state index contributed by atoms with van der Waals surface area (Å²) in [4.78, 5) is 5.96. The van der Waals surface area contributed by atoms with Gasteiger partial charge >= 0.3 is 0 Å². The average molecular weight is 280 g/mol. The van der Waals surface area contributed by atoms with Crippen LogP contribution in [0.15, 0.2) is 42.5 Å². The van der Waals surface area contributed by atoms with Crippen molar-refractivity contribution in [3.05, 3.63) is 53.7 Å². The molecule has 6 heteroatoms. The van der Waals surface area contributed by atoms with Gasteiger partial charge in [-0.1, -0.05) is 37.3 Å². The Kier molecular flexibility index (Phi) is 3.70. The zero-order chi connectivity index (χ0) is 14.7. The predicted octanol–water partition coefficient (Wildman–Crippen LogP) is 1.75. The molecule has 2 aromatic heterocycles. The van der Waals surface area contributed by atoms with Crippen LogP contribution in [0.4, 0.5) is 0 Å².